The molecule has 0 saturated carbocycles. The van der Waals surface area contributed by atoms with Crippen LogP contribution in [0.5, 0.6) is 11.5 Å². The van der Waals surface area contributed by atoms with Gasteiger partial charge in [-0.2, -0.15) is 0 Å². The molecule has 1 amide bonds. The van der Waals surface area contributed by atoms with E-state index in [0.717, 1.165) is 22.7 Å². The van der Waals surface area contributed by atoms with Crippen molar-refractivity contribution in [2.75, 3.05) is 17.2 Å². The van der Waals surface area contributed by atoms with Crippen molar-refractivity contribution >= 4 is 17.3 Å². The van der Waals surface area contributed by atoms with Gasteiger partial charge in [0.1, 0.15) is 5.75 Å². The summed E-state index contributed by atoms with van der Waals surface area (Å²) in [4.78, 5) is 12.3. The molecule has 0 aliphatic carbocycles. The maximum atomic E-state index is 12.3. The molecule has 3 rings (SSSR count). The molecular formula is C22H22N2O2. The minimum Gasteiger partial charge on any atom is -0.455 e. The zero-order valence-corrected chi connectivity index (χ0v) is 15.0. The average molecular weight is 346 g/mol. The first-order valence-corrected chi connectivity index (χ1v) is 8.55. The number of carbonyl (C=O) groups excluding carboxylic acids is 1. The van der Waals surface area contributed by atoms with Crippen LogP contribution in [0.4, 0.5) is 11.4 Å². The summed E-state index contributed by atoms with van der Waals surface area (Å²) in [6.07, 6.45) is 0. The Hall–Kier alpha value is -3.27. The largest absolute Gasteiger partial charge is 0.455 e. The quantitative estimate of drug-likeness (QED) is 0.649. The molecular weight excluding hydrogens is 324 g/mol. The minimum atomic E-state index is -0.105. The zero-order valence-electron chi connectivity index (χ0n) is 15.0. The Kier molecular flexibility index (Phi) is 5.54. The number of benzene rings is 3. The highest BCUT2D eigenvalue weighted by Gasteiger charge is 2.08. The maximum Gasteiger partial charge on any atom is 0.243 e. The fraction of sp³-hybridized carbons (Fsp3) is 0.136. The number of amides is 1. The van der Waals surface area contributed by atoms with Gasteiger partial charge in [-0.25, -0.2) is 0 Å². The van der Waals surface area contributed by atoms with E-state index in [9.17, 15) is 4.79 Å². The van der Waals surface area contributed by atoms with Gasteiger partial charge in [0.2, 0.25) is 5.91 Å². The number of carbonyl (C=O) groups is 1. The number of para-hydroxylation sites is 3. The molecule has 4 heteroatoms. The molecule has 0 spiro atoms. The lowest BCUT2D eigenvalue weighted by atomic mass is 10.1. The summed E-state index contributed by atoms with van der Waals surface area (Å²) in [7, 11) is 0. The molecule has 3 aromatic carbocycles. The van der Waals surface area contributed by atoms with Gasteiger partial charge in [0.15, 0.2) is 5.75 Å². The molecule has 132 valence electrons. The average Bonchev–Trinajstić information content (AvgIpc) is 2.64. The van der Waals surface area contributed by atoms with Crippen molar-refractivity contribution < 1.29 is 9.53 Å². The van der Waals surface area contributed by atoms with E-state index >= 15 is 0 Å². The van der Waals surface area contributed by atoms with Gasteiger partial charge in [-0.15, -0.1) is 0 Å². The molecule has 3 aromatic rings. The number of aryl methyl sites for hydroxylation is 2. The third kappa shape index (κ3) is 4.63. The molecule has 0 heterocycles. The van der Waals surface area contributed by atoms with Crippen molar-refractivity contribution in [3.8, 4) is 11.5 Å². The van der Waals surface area contributed by atoms with Crippen LogP contribution in [0.3, 0.4) is 0 Å². The Morgan fingerprint density at radius 1 is 0.885 bits per heavy atom. The smallest absolute Gasteiger partial charge is 0.243 e. The topological polar surface area (TPSA) is 50.4 Å². The van der Waals surface area contributed by atoms with Crippen LogP contribution in [0, 0.1) is 13.8 Å². The van der Waals surface area contributed by atoms with Gasteiger partial charge in [-0.3, -0.25) is 4.79 Å². The Morgan fingerprint density at radius 3 is 2.38 bits per heavy atom. The molecule has 2 N–H and O–H groups in total. The molecule has 0 saturated heterocycles. The Labute approximate surface area is 153 Å². The summed E-state index contributed by atoms with van der Waals surface area (Å²) in [6, 6.07) is 23.1. The summed E-state index contributed by atoms with van der Waals surface area (Å²) >= 11 is 0. The van der Waals surface area contributed by atoms with E-state index in [0.29, 0.717) is 5.75 Å². The van der Waals surface area contributed by atoms with Gasteiger partial charge in [0, 0.05) is 5.69 Å². The standard InChI is InChI=1S/C22H22N2O2/c1-16-12-13-19(17(2)14-16)24-22(25)15-23-20-10-6-7-11-21(20)26-18-8-4-3-5-9-18/h3-14,23H,15H2,1-2H3,(H,24,25). The van der Waals surface area contributed by atoms with Crippen LogP contribution >= 0.6 is 0 Å². The highest BCUT2D eigenvalue weighted by molar-refractivity contribution is 5.94. The number of hydrogen-bond donors (Lipinski definition) is 2. The Bertz CT molecular complexity index is 892. The molecule has 0 radical (unpaired) electrons. The first-order valence-electron chi connectivity index (χ1n) is 8.55. The second kappa shape index (κ2) is 8.21. The fourth-order valence-electron chi connectivity index (χ4n) is 2.64. The van der Waals surface area contributed by atoms with Crippen molar-refractivity contribution in [2.24, 2.45) is 0 Å². The van der Waals surface area contributed by atoms with Crippen LogP contribution in [-0.4, -0.2) is 12.5 Å². The molecule has 0 fully saturated rings. The van der Waals surface area contributed by atoms with E-state index in [2.05, 4.69) is 10.6 Å². The van der Waals surface area contributed by atoms with Gasteiger partial charge in [-0.05, 0) is 49.7 Å². The van der Waals surface area contributed by atoms with Crippen LogP contribution in [-0.2, 0) is 4.79 Å². The SMILES string of the molecule is Cc1ccc(NC(=O)CNc2ccccc2Oc2ccccc2)c(C)c1. The van der Waals surface area contributed by atoms with Crippen LogP contribution in [0.1, 0.15) is 11.1 Å². The van der Waals surface area contributed by atoms with E-state index in [1.807, 2.05) is 86.6 Å². The first-order chi connectivity index (χ1) is 12.6. The highest BCUT2D eigenvalue weighted by atomic mass is 16.5. The number of ether oxygens (including phenoxy) is 1. The first kappa shape index (κ1) is 17.5. The lowest BCUT2D eigenvalue weighted by molar-refractivity contribution is -0.114. The number of anilines is 2. The fourth-order valence-corrected chi connectivity index (χ4v) is 2.64. The predicted molar refractivity (Wildman–Crippen MR) is 106 cm³/mol. The summed E-state index contributed by atoms with van der Waals surface area (Å²) < 4.78 is 5.90. The highest BCUT2D eigenvalue weighted by Crippen LogP contribution is 2.28. The van der Waals surface area contributed by atoms with Crippen LogP contribution in [0.2, 0.25) is 0 Å². The van der Waals surface area contributed by atoms with Gasteiger partial charge in [0.25, 0.3) is 0 Å². The molecule has 0 unspecified atom stereocenters. The summed E-state index contributed by atoms with van der Waals surface area (Å²) in [5, 5.41) is 6.08. The van der Waals surface area contributed by atoms with Crippen molar-refractivity contribution in [3.63, 3.8) is 0 Å². The summed E-state index contributed by atoms with van der Waals surface area (Å²) in [5.74, 6) is 1.32. The van der Waals surface area contributed by atoms with Gasteiger partial charge < -0.3 is 15.4 Å². The molecule has 0 aromatic heterocycles. The normalized spacial score (nSPS) is 10.2. The molecule has 0 atom stereocenters. The Balaban J connectivity index is 1.63. The summed E-state index contributed by atoms with van der Waals surface area (Å²) in [5.41, 5.74) is 3.82. The number of nitrogens with one attached hydrogen (secondary N) is 2. The third-order valence-electron chi connectivity index (χ3n) is 3.95. The van der Waals surface area contributed by atoms with Crippen LogP contribution < -0.4 is 15.4 Å². The van der Waals surface area contributed by atoms with Crippen molar-refractivity contribution in [1.29, 1.82) is 0 Å². The van der Waals surface area contributed by atoms with E-state index < -0.39 is 0 Å². The molecule has 4 nitrogen and oxygen atoms in total. The predicted octanol–water partition coefficient (Wildman–Crippen LogP) is 5.15. The van der Waals surface area contributed by atoms with Crippen molar-refractivity contribution in [3.05, 3.63) is 83.9 Å². The van der Waals surface area contributed by atoms with E-state index in [-0.39, 0.29) is 12.5 Å². The Morgan fingerprint density at radius 2 is 1.62 bits per heavy atom. The third-order valence-corrected chi connectivity index (χ3v) is 3.95. The van der Waals surface area contributed by atoms with Crippen molar-refractivity contribution in [2.45, 2.75) is 13.8 Å². The second-order valence-corrected chi connectivity index (χ2v) is 6.13. The number of hydrogen-bond acceptors (Lipinski definition) is 3. The van der Waals surface area contributed by atoms with Gasteiger partial charge >= 0.3 is 0 Å². The number of rotatable bonds is 6. The lowest BCUT2D eigenvalue weighted by Gasteiger charge is -2.14. The van der Waals surface area contributed by atoms with Gasteiger partial charge in [0.05, 0.1) is 12.2 Å². The molecule has 0 bridgehead atoms. The van der Waals surface area contributed by atoms with Gasteiger partial charge in [-0.1, -0.05) is 48.0 Å². The molecule has 26 heavy (non-hydrogen) atoms. The van der Waals surface area contributed by atoms with E-state index in [4.69, 9.17) is 4.74 Å². The molecule has 0 aliphatic rings. The van der Waals surface area contributed by atoms with Crippen LogP contribution in [0.25, 0.3) is 0 Å². The second-order valence-electron chi connectivity index (χ2n) is 6.13. The van der Waals surface area contributed by atoms with E-state index in [1.165, 1.54) is 5.56 Å². The zero-order chi connectivity index (χ0) is 18.4. The van der Waals surface area contributed by atoms with Crippen molar-refractivity contribution in [1.82, 2.24) is 0 Å². The monoisotopic (exact) mass is 346 g/mol. The lowest BCUT2D eigenvalue weighted by Crippen LogP contribution is -2.22. The summed E-state index contributed by atoms with van der Waals surface area (Å²) in [6.45, 7) is 4.17. The molecule has 0 aliphatic heterocycles. The maximum absolute atomic E-state index is 12.3. The van der Waals surface area contributed by atoms with E-state index in [1.54, 1.807) is 0 Å². The minimum absolute atomic E-state index is 0.105. The van der Waals surface area contributed by atoms with Crippen LogP contribution in [0.15, 0.2) is 72.8 Å².